The Morgan fingerprint density at radius 2 is 2.30 bits per heavy atom. The lowest BCUT2D eigenvalue weighted by Crippen LogP contribution is -2.50. The van der Waals surface area contributed by atoms with Crippen LogP contribution in [0.4, 0.5) is 9.93 Å². The molecule has 20 heavy (non-hydrogen) atoms. The molecular weight excluding hydrogens is 274 g/mol. The summed E-state index contributed by atoms with van der Waals surface area (Å²) < 4.78 is 5.45. The van der Waals surface area contributed by atoms with Crippen molar-refractivity contribution in [3.05, 3.63) is 11.6 Å². The van der Waals surface area contributed by atoms with E-state index in [1.807, 2.05) is 44.3 Å². The Bertz CT molecular complexity index is 442. The van der Waals surface area contributed by atoms with Crippen molar-refractivity contribution in [2.75, 3.05) is 25.0 Å². The number of piperidine rings is 1. The minimum Gasteiger partial charge on any atom is -0.444 e. The first-order valence-corrected chi connectivity index (χ1v) is 7.85. The average molecular weight is 297 g/mol. The van der Waals surface area contributed by atoms with E-state index in [1.165, 1.54) is 0 Å². The first kappa shape index (κ1) is 15.1. The molecule has 2 rings (SSSR count). The minimum absolute atomic E-state index is 0.213. The lowest BCUT2D eigenvalue weighted by molar-refractivity contribution is 0.0199. The Labute approximate surface area is 124 Å². The molecule has 0 radical (unpaired) electrons. The summed E-state index contributed by atoms with van der Waals surface area (Å²) in [6.45, 7) is 7.16. The molecule has 0 aliphatic carbocycles. The zero-order chi connectivity index (χ0) is 14.8. The van der Waals surface area contributed by atoms with Crippen LogP contribution in [0.15, 0.2) is 11.6 Å². The molecule has 6 heteroatoms. The van der Waals surface area contributed by atoms with E-state index >= 15 is 0 Å². The fraction of sp³-hybridized carbons (Fsp3) is 0.714. The molecule has 112 valence electrons. The van der Waals surface area contributed by atoms with Gasteiger partial charge in [0.25, 0.3) is 0 Å². The highest BCUT2D eigenvalue weighted by atomic mass is 32.1. The second-order valence-corrected chi connectivity index (χ2v) is 7.02. The molecule has 1 aromatic rings. The number of anilines is 1. The van der Waals surface area contributed by atoms with Gasteiger partial charge in [-0.1, -0.05) is 0 Å². The number of nitrogens with zero attached hydrogens (tertiary/aromatic N) is 3. The molecule has 1 saturated heterocycles. The summed E-state index contributed by atoms with van der Waals surface area (Å²) in [5, 5.41) is 2.97. The molecule has 1 aromatic heterocycles. The first-order chi connectivity index (χ1) is 9.37. The van der Waals surface area contributed by atoms with Gasteiger partial charge in [-0.2, -0.15) is 0 Å². The predicted octanol–water partition coefficient (Wildman–Crippen LogP) is 2.98. The van der Waals surface area contributed by atoms with Crippen molar-refractivity contribution in [2.45, 2.75) is 45.3 Å². The predicted molar refractivity (Wildman–Crippen MR) is 81.3 cm³/mol. The topological polar surface area (TPSA) is 45.7 Å². The van der Waals surface area contributed by atoms with Crippen LogP contribution in [0.25, 0.3) is 0 Å². The van der Waals surface area contributed by atoms with Gasteiger partial charge in [0.2, 0.25) is 0 Å². The van der Waals surface area contributed by atoms with Crippen LogP contribution in [0.5, 0.6) is 0 Å². The molecule has 0 N–H and O–H groups in total. The molecule has 1 aliphatic rings. The van der Waals surface area contributed by atoms with E-state index in [1.54, 1.807) is 11.3 Å². The van der Waals surface area contributed by atoms with Gasteiger partial charge in [-0.05, 0) is 33.6 Å². The van der Waals surface area contributed by atoms with Crippen LogP contribution < -0.4 is 4.90 Å². The number of likely N-dealkylation sites (tertiary alicyclic amines) is 1. The summed E-state index contributed by atoms with van der Waals surface area (Å²) in [7, 11) is 2.04. The number of aromatic nitrogens is 1. The number of rotatable bonds is 2. The van der Waals surface area contributed by atoms with Crippen molar-refractivity contribution in [1.82, 2.24) is 9.88 Å². The highest BCUT2D eigenvalue weighted by Crippen LogP contribution is 2.24. The van der Waals surface area contributed by atoms with Crippen LogP contribution >= 0.6 is 11.3 Å². The zero-order valence-electron chi connectivity index (χ0n) is 12.6. The van der Waals surface area contributed by atoms with E-state index in [0.29, 0.717) is 12.6 Å². The maximum absolute atomic E-state index is 12.1. The molecule has 1 aliphatic heterocycles. The summed E-state index contributed by atoms with van der Waals surface area (Å²) in [6, 6.07) is 0.308. The summed E-state index contributed by atoms with van der Waals surface area (Å²) in [5.41, 5.74) is -0.439. The summed E-state index contributed by atoms with van der Waals surface area (Å²) in [4.78, 5) is 20.4. The van der Waals surface area contributed by atoms with E-state index in [2.05, 4.69) is 9.88 Å². The smallest absolute Gasteiger partial charge is 0.410 e. The van der Waals surface area contributed by atoms with Gasteiger partial charge in [0.05, 0.1) is 0 Å². The van der Waals surface area contributed by atoms with E-state index in [9.17, 15) is 4.79 Å². The number of amides is 1. The Morgan fingerprint density at radius 3 is 2.90 bits per heavy atom. The standard InChI is InChI=1S/C14H23N3O2S/c1-14(2,3)19-13(18)17-8-5-6-11(10-17)16(4)12-15-7-9-20-12/h7,9,11H,5-6,8,10H2,1-4H3/t11-/m1/s1. The SMILES string of the molecule is CN(c1nccs1)[C@@H]1CCCN(C(=O)OC(C)(C)C)C1. The summed E-state index contributed by atoms with van der Waals surface area (Å²) in [6.07, 6.45) is 3.68. The molecule has 1 atom stereocenters. The molecule has 0 aromatic carbocycles. The van der Waals surface area contributed by atoms with Crippen molar-refractivity contribution in [1.29, 1.82) is 0 Å². The molecule has 0 unspecified atom stereocenters. The number of carbonyl (C=O) groups excluding carboxylic acids is 1. The fourth-order valence-corrected chi connectivity index (χ4v) is 2.99. The highest BCUT2D eigenvalue weighted by Gasteiger charge is 2.30. The van der Waals surface area contributed by atoms with Gasteiger partial charge in [0.1, 0.15) is 5.60 Å². The third-order valence-electron chi connectivity index (χ3n) is 3.32. The quantitative estimate of drug-likeness (QED) is 0.842. The van der Waals surface area contributed by atoms with Crippen LogP contribution in [0, 0.1) is 0 Å². The van der Waals surface area contributed by atoms with Gasteiger partial charge >= 0.3 is 6.09 Å². The minimum atomic E-state index is -0.439. The van der Waals surface area contributed by atoms with E-state index in [4.69, 9.17) is 4.74 Å². The van der Waals surface area contributed by atoms with Crippen molar-refractivity contribution in [2.24, 2.45) is 0 Å². The third kappa shape index (κ3) is 3.85. The summed E-state index contributed by atoms with van der Waals surface area (Å²) >= 11 is 1.62. The second-order valence-electron chi connectivity index (χ2n) is 6.15. The van der Waals surface area contributed by atoms with Gasteiger partial charge in [-0.25, -0.2) is 9.78 Å². The number of hydrogen-bond acceptors (Lipinski definition) is 5. The molecule has 0 saturated carbocycles. The normalized spacial score (nSPS) is 19.8. The van der Waals surface area contributed by atoms with Gasteiger partial charge in [-0.15, -0.1) is 11.3 Å². The number of likely N-dealkylation sites (N-methyl/N-ethyl adjacent to an activating group) is 1. The van der Waals surface area contributed by atoms with Crippen LogP contribution in [0.3, 0.4) is 0 Å². The Hall–Kier alpha value is -1.30. The van der Waals surface area contributed by atoms with Gasteiger partial charge < -0.3 is 14.5 Å². The zero-order valence-corrected chi connectivity index (χ0v) is 13.4. The molecular formula is C14H23N3O2S. The van der Waals surface area contributed by atoms with Crippen LogP contribution in [-0.4, -0.2) is 47.8 Å². The van der Waals surface area contributed by atoms with Gasteiger partial charge in [0, 0.05) is 37.8 Å². The van der Waals surface area contributed by atoms with E-state index < -0.39 is 5.60 Å². The van der Waals surface area contributed by atoms with Crippen molar-refractivity contribution >= 4 is 22.6 Å². The van der Waals surface area contributed by atoms with Crippen LogP contribution in [-0.2, 0) is 4.74 Å². The molecule has 2 heterocycles. The largest absolute Gasteiger partial charge is 0.444 e. The number of hydrogen-bond donors (Lipinski definition) is 0. The maximum atomic E-state index is 12.1. The number of ether oxygens (including phenoxy) is 1. The highest BCUT2D eigenvalue weighted by molar-refractivity contribution is 7.13. The Kier molecular flexibility index (Phi) is 4.52. The summed E-state index contributed by atoms with van der Waals surface area (Å²) in [5.74, 6) is 0. The van der Waals surface area contributed by atoms with Crippen molar-refractivity contribution in [3.8, 4) is 0 Å². The Morgan fingerprint density at radius 1 is 1.55 bits per heavy atom. The monoisotopic (exact) mass is 297 g/mol. The third-order valence-corrected chi connectivity index (χ3v) is 4.18. The van der Waals surface area contributed by atoms with Crippen molar-refractivity contribution < 1.29 is 9.53 Å². The van der Waals surface area contributed by atoms with Gasteiger partial charge in [0.15, 0.2) is 5.13 Å². The molecule has 5 nitrogen and oxygen atoms in total. The molecule has 0 spiro atoms. The number of thiazole rings is 1. The average Bonchev–Trinajstić information content (AvgIpc) is 2.90. The van der Waals surface area contributed by atoms with E-state index in [0.717, 1.165) is 24.5 Å². The van der Waals surface area contributed by atoms with Gasteiger partial charge in [-0.3, -0.25) is 0 Å². The fourth-order valence-electron chi connectivity index (χ4n) is 2.31. The maximum Gasteiger partial charge on any atom is 0.410 e. The van der Waals surface area contributed by atoms with Crippen molar-refractivity contribution in [3.63, 3.8) is 0 Å². The lowest BCUT2D eigenvalue weighted by Gasteiger charge is -2.38. The van der Waals surface area contributed by atoms with Crippen LogP contribution in [0.2, 0.25) is 0 Å². The molecule has 1 fully saturated rings. The molecule has 0 bridgehead atoms. The second kappa shape index (κ2) is 5.99. The van der Waals surface area contributed by atoms with Crippen LogP contribution in [0.1, 0.15) is 33.6 Å². The molecule has 1 amide bonds. The number of carbonyl (C=O) groups is 1. The Balaban J connectivity index is 1.96. The first-order valence-electron chi connectivity index (χ1n) is 6.97. The van der Waals surface area contributed by atoms with E-state index in [-0.39, 0.29) is 6.09 Å². The lowest BCUT2D eigenvalue weighted by atomic mass is 10.1.